The maximum absolute atomic E-state index is 9.78. The van der Waals surface area contributed by atoms with E-state index in [1.165, 1.54) is 28.6 Å². The third kappa shape index (κ3) is 3.71. The lowest BCUT2D eigenvalue weighted by atomic mass is 9.91. The van der Waals surface area contributed by atoms with E-state index in [1.54, 1.807) is 13.2 Å². The Labute approximate surface area is 168 Å². The van der Waals surface area contributed by atoms with Gasteiger partial charge in [0, 0.05) is 33.2 Å². The van der Waals surface area contributed by atoms with Crippen LogP contribution in [0.1, 0.15) is 42.6 Å². The van der Waals surface area contributed by atoms with E-state index < -0.39 is 0 Å². The molecule has 5 heteroatoms. The molecule has 0 amide bonds. The first-order chi connectivity index (χ1) is 13.0. The van der Waals surface area contributed by atoms with E-state index in [0.29, 0.717) is 17.8 Å². The number of nitrogens with one attached hydrogen (secondary N) is 2. The molecule has 2 aromatic carbocycles. The maximum atomic E-state index is 9.78. The van der Waals surface area contributed by atoms with Gasteiger partial charge in [-0.05, 0) is 74.1 Å². The summed E-state index contributed by atoms with van der Waals surface area (Å²) in [6.45, 7) is 2.22. The third-order valence-electron chi connectivity index (χ3n) is 5.44. The van der Waals surface area contributed by atoms with E-state index in [1.807, 2.05) is 12.1 Å². The summed E-state index contributed by atoms with van der Waals surface area (Å²) >= 11 is 3.60. The summed E-state index contributed by atoms with van der Waals surface area (Å²) in [5.74, 6) is 0.712. The number of H-pyrrole nitrogens is 1. The zero-order valence-electron chi connectivity index (χ0n) is 15.7. The number of ether oxygens (including phenoxy) is 1. The first-order valence-electron chi connectivity index (χ1n) is 9.47. The van der Waals surface area contributed by atoms with Crippen LogP contribution >= 0.6 is 15.9 Å². The summed E-state index contributed by atoms with van der Waals surface area (Å²) < 4.78 is 6.35. The van der Waals surface area contributed by atoms with Gasteiger partial charge in [-0.15, -0.1) is 0 Å². The van der Waals surface area contributed by atoms with Gasteiger partial charge in [0.15, 0.2) is 11.5 Å². The molecule has 27 heavy (non-hydrogen) atoms. The van der Waals surface area contributed by atoms with E-state index >= 15 is 0 Å². The van der Waals surface area contributed by atoms with Crippen LogP contribution in [0.5, 0.6) is 11.5 Å². The van der Waals surface area contributed by atoms with E-state index in [4.69, 9.17) is 4.74 Å². The molecular weight excluding hydrogens is 404 g/mol. The fraction of sp³-hybridized carbons (Fsp3) is 0.364. The Hall–Kier alpha value is -1.98. The SMILES string of the molecule is COc1cc(CC(C)NC2CCCc3c2[nH]c2ccc(Br)cc32)ccc1O. The molecule has 1 aliphatic rings. The fourth-order valence-electron chi connectivity index (χ4n) is 4.21. The highest BCUT2D eigenvalue weighted by atomic mass is 79.9. The summed E-state index contributed by atoms with van der Waals surface area (Å²) in [5, 5.41) is 14.9. The minimum atomic E-state index is 0.183. The number of hydrogen-bond donors (Lipinski definition) is 3. The van der Waals surface area contributed by atoms with Crippen LogP contribution in [-0.2, 0) is 12.8 Å². The number of aromatic hydroxyl groups is 1. The van der Waals surface area contributed by atoms with Crippen molar-refractivity contribution in [3.8, 4) is 11.5 Å². The number of fused-ring (bicyclic) bond motifs is 3. The van der Waals surface area contributed by atoms with Gasteiger partial charge in [0.25, 0.3) is 0 Å². The number of methoxy groups -OCH3 is 1. The van der Waals surface area contributed by atoms with Crippen molar-refractivity contribution in [3.63, 3.8) is 0 Å². The molecule has 0 fully saturated rings. The molecule has 1 heterocycles. The Balaban J connectivity index is 1.53. The highest BCUT2D eigenvalue weighted by Gasteiger charge is 2.25. The molecule has 0 saturated heterocycles. The summed E-state index contributed by atoms with van der Waals surface area (Å²) in [7, 11) is 1.58. The minimum absolute atomic E-state index is 0.183. The molecule has 0 aliphatic heterocycles. The number of halogens is 1. The Bertz CT molecular complexity index is 966. The van der Waals surface area contributed by atoms with Crippen LogP contribution in [0.25, 0.3) is 10.9 Å². The van der Waals surface area contributed by atoms with E-state index in [0.717, 1.165) is 29.3 Å². The second-order valence-corrected chi connectivity index (χ2v) is 8.35. The van der Waals surface area contributed by atoms with Crippen molar-refractivity contribution < 1.29 is 9.84 Å². The molecule has 0 spiro atoms. The number of benzene rings is 2. The Kier molecular flexibility index (Phi) is 5.15. The summed E-state index contributed by atoms with van der Waals surface area (Å²) in [5.41, 5.74) is 5.16. The third-order valence-corrected chi connectivity index (χ3v) is 5.93. The lowest BCUT2D eigenvalue weighted by Gasteiger charge is -2.27. The molecule has 2 unspecified atom stereocenters. The second kappa shape index (κ2) is 7.56. The predicted octanol–water partition coefficient (Wildman–Crippen LogP) is 5.24. The van der Waals surface area contributed by atoms with Crippen LogP contribution in [0.3, 0.4) is 0 Å². The smallest absolute Gasteiger partial charge is 0.160 e. The standard InChI is InChI=1S/C22H25BrN2O2/c1-13(10-14-6-9-20(26)21(11-14)27-2)24-19-5-3-4-16-17-12-15(23)7-8-18(17)25-22(16)19/h6-9,11-13,19,24-26H,3-5,10H2,1-2H3. The van der Waals surface area contributed by atoms with Gasteiger partial charge in [0.05, 0.1) is 7.11 Å². The van der Waals surface area contributed by atoms with Gasteiger partial charge in [-0.2, -0.15) is 0 Å². The number of phenols is 1. The van der Waals surface area contributed by atoms with Gasteiger partial charge in [-0.1, -0.05) is 22.0 Å². The number of rotatable bonds is 5. The lowest BCUT2D eigenvalue weighted by Crippen LogP contribution is -2.34. The van der Waals surface area contributed by atoms with Gasteiger partial charge in [0.1, 0.15) is 0 Å². The van der Waals surface area contributed by atoms with Crippen LogP contribution in [0.15, 0.2) is 40.9 Å². The molecule has 0 saturated carbocycles. The molecule has 1 aliphatic carbocycles. The van der Waals surface area contributed by atoms with Crippen molar-refractivity contribution in [2.45, 2.75) is 44.7 Å². The van der Waals surface area contributed by atoms with Gasteiger partial charge >= 0.3 is 0 Å². The van der Waals surface area contributed by atoms with E-state index in [2.05, 4.69) is 51.4 Å². The molecule has 0 radical (unpaired) electrons. The number of aryl methyl sites for hydroxylation is 1. The van der Waals surface area contributed by atoms with Crippen LogP contribution in [0, 0.1) is 0 Å². The average Bonchev–Trinajstić information content (AvgIpc) is 3.02. The van der Waals surface area contributed by atoms with Gasteiger partial charge in [-0.3, -0.25) is 0 Å². The first-order valence-corrected chi connectivity index (χ1v) is 10.3. The summed E-state index contributed by atoms with van der Waals surface area (Å²) in [6, 6.07) is 12.7. The van der Waals surface area contributed by atoms with Crippen LogP contribution in [0.2, 0.25) is 0 Å². The highest BCUT2D eigenvalue weighted by Crippen LogP contribution is 2.36. The second-order valence-electron chi connectivity index (χ2n) is 7.43. The largest absolute Gasteiger partial charge is 0.504 e. The van der Waals surface area contributed by atoms with Crippen molar-refractivity contribution in [3.05, 3.63) is 57.7 Å². The maximum Gasteiger partial charge on any atom is 0.160 e. The Morgan fingerprint density at radius 2 is 2.15 bits per heavy atom. The van der Waals surface area contributed by atoms with Gasteiger partial charge in [-0.25, -0.2) is 0 Å². The molecule has 142 valence electrons. The van der Waals surface area contributed by atoms with Crippen molar-refractivity contribution in [1.82, 2.24) is 10.3 Å². The van der Waals surface area contributed by atoms with Crippen molar-refractivity contribution in [2.24, 2.45) is 0 Å². The Morgan fingerprint density at radius 1 is 1.30 bits per heavy atom. The molecular formula is C22H25BrN2O2. The molecule has 2 atom stereocenters. The topological polar surface area (TPSA) is 57.3 Å². The van der Waals surface area contributed by atoms with Crippen LogP contribution in [0.4, 0.5) is 0 Å². The number of aromatic amines is 1. The van der Waals surface area contributed by atoms with Crippen molar-refractivity contribution in [2.75, 3.05) is 7.11 Å². The summed E-state index contributed by atoms with van der Waals surface area (Å²) in [6.07, 6.45) is 4.36. The van der Waals surface area contributed by atoms with Crippen molar-refractivity contribution >= 4 is 26.8 Å². The molecule has 4 rings (SSSR count). The zero-order valence-corrected chi connectivity index (χ0v) is 17.3. The van der Waals surface area contributed by atoms with Crippen LogP contribution in [-0.4, -0.2) is 23.2 Å². The molecule has 1 aromatic heterocycles. The minimum Gasteiger partial charge on any atom is -0.504 e. The highest BCUT2D eigenvalue weighted by molar-refractivity contribution is 9.10. The number of phenolic OH excluding ortho intramolecular Hbond substituents is 1. The van der Waals surface area contributed by atoms with Crippen LogP contribution < -0.4 is 10.1 Å². The molecule has 4 nitrogen and oxygen atoms in total. The molecule has 3 N–H and O–H groups in total. The molecule has 0 bridgehead atoms. The Morgan fingerprint density at radius 3 is 2.96 bits per heavy atom. The first kappa shape index (κ1) is 18.4. The average molecular weight is 429 g/mol. The van der Waals surface area contributed by atoms with E-state index in [9.17, 15) is 5.11 Å². The fourth-order valence-corrected chi connectivity index (χ4v) is 4.57. The summed E-state index contributed by atoms with van der Waals surface area (Å²) in [4.78, 5) is 3.65. The quantitative estimate of drug-likeness (QED) is 0.520. The monoisotopic (exact) mass is 428 g/mol. The normalized spacial score (nSPS) is 17.7. The number of aromatic nitrogens is 1. The lowest BCUT2D eigenvalue weighted by molar-refractivity contribution is 0.371. The van der Waals surface area contributed by atoms with Gasteiger partial charge < -0.3 is 20.1 Å². The van der Waals surface area contributed by atoms with Gasteiger partial charge in [0.2, 0.25) is 0 Å². The zero-order chi connectivity index (χ0) is 19.0. The van der Waals surface area contributed by atoms with E-state index in [-0.39, 0.29) is 5.75 Å². The predicted molar refractivity (Wildman–Crippen MR) is 113 cm³/mol. The van der Waals surface area contributed by atoms with Crippen molar-refractivity contribution in [1.29, 1.82) is 0 Å². The molecule has 3 aromatic rings. The number of hydrogen-bond acceptors (Lipinski definition) is 3.